The summed E-state index contributed by atoms with van der Waals surface area (Å²) in [6.07, 6.45) is 4.81. The lowest BCUT2D eigenvalue weighted by Crippen LogP contribution is -2.37. The van der Waals surface area contributed by atoms with Crippen molar-refractivity contribution in [1.82, 2.24) is 14.4 Å². The summed E-state index contributed by atoms with van der Waals surface area (Å²) in [6.45, 7) is 4.81. The lowest BCUT2D eigenvalue weighted by atomic mass is 10.1. The summed E-state index contributed by atoms with van der Waals surface area (Å²) in [4.78, 5) is 28.7. The number of nitrogens with zero attached hydrogens (tertiary/aromatic N) is 3. The largest absolute Gasteiger partial charge is 0.350 e. The molecule has 1 aromatic heterocycles. The van der Waals surface area contributed by atoms with Crippen molar-refractivity contribution in [2.75, 3.05) is 26.2 Å². The van der Waals surface area contributed by atoms with Crippen LogP contribution in [-0.4, -0.2) is 52.4 Å². The number of aryl methyl sites for hydroxylation is 1. The summed E-state index contributed by atoms with van der Waals surface area (Å²) in [6, 6.07) is 8.18. The van der Waals surface area contributed by atoms with Crippen molar-refractivity contribution in [2.24, 2.45) is 7.05 Å². The van der Waals surface area contributed by atoms with Crippen LogP contribution in [0.2, 0.25) is 0 Å². The minimum Gasteiger partial charge on any atom is -0.350 e. The molecule has 1 aromatic carbocycles. The molecule has 1 fully saturated rings. The van der Waals surface area contributed by atoms with Gasteiger partial charge in [-0.05, 0) is 24.5 Å². The van der Waals surface area contributed by atoms with Crippen molar-refractivity contribution in [2.45, 2.75) is 32.6 Å². The third-order valence-electron chi connectivity index (χ3n) is 4.99. The zero-order valence-electron chi connectivity index (χ0n) is 15.2. The molecule has 134 valence electrons. The van der Waals surface area contributed by atoms with Gasteiger partial charge in [-0.1, -0.05) is 25.1 Å². The van der Waals surface area contributed by atoms with Crippen LogP contribution in [0.1, 0.15) is 31.7 Å². The highest BCUT2D eigenvalue weighted by molar-refractivity contribution is 5.89. The Morgan fingerprint density at radius 2 is 1.68 bits per heavy atom. The van der Waals surface area contributed by atoms with Crippen molar-refractivity contribution in [3.63, 3.8) is 0 Å². The van der Waals surface area contributed by atoms with E-state index in [4.69, 9.17) is 0 Å². The summed E-state index contributed by atoms with van der Waals surface area (Å²) in [5.41, 5.74) is 2.23. The summed E-state index contributed by atoms with van der Waals surface area (Å²) < 4.78 is 2.07. The maximum Gasteiger partial charge on any atom is 0.227 e. The van der Waals surface area contributed by atoms with Crippen LogP contribution in [-0.2, 0) is 23.1 Å². The van der Waals surface area contributed by atoms with Crippen LogP contribution in [0.15, 0.2) is 30.5 Å². The first-order valence-electron chi connectivity index (χ1n) is 9.18. The Morgan fingerprint density at radius 3 is 2.40 bits per heavy atom. The molecule has 0 radical (unpaired) electrons. The van der Waals surface area contributed by atoms with Crippen LogP contribution < -0.4 is 0 Å². The van der Waals surface area contributed by atoms with Crippen LogP contribution in [0, 0.1) is 0 Å². The summed E-state index contributed by atoms with van der Waals surface area (Å²) >= 11 is 0. The van der Waals surface area contributed by atoms with E-state index in [2.05, 4.69) is 22.9 Å². The number of rotatable bonds is 4. The van der Waals surface area contributed by atoms with Gasteiger partial charge in [0.1, 0.15) is 0 Å². The Hall–Kier alpha value is -2.30. The van der Waals surface area contributed by atoms with Gasteiger partial charge in [-0.15, -0.1) is 0 Å². The van der Waals surface area contributed by atoms with Gasteiger partial charge in [-0.2, -0.15) is 0 Å². The minimum atomic E-state index is 0.154. The number of amides is 2. The predicted octanol–water partition coefficient (Wildman–Crippen LogP) is 2.58. The zero-order chi connectivity index (χ0) is 17.8. The van der Waals surface area contributed by atoms with Crippen molar-refractivity contribution < 1.29 is 9.59 Å². The van der Waals surface area contributed by atoms with Crippen LogP contribution in [0.25, 0.3) is 10.9 Å². The minimum absolute atomic E-state index is 0.154. The molecule has 5 nitrogen and oxygen atoms in total. The van der Waals surface area contributed by atoms with Gasteiger partial charge >= 0.3 is 0 Å². The van der Waals surface area contributed by atoms with Gasteiger partial charge in [-0.25, -0.2) is 0 Å². The van der Waals surface area contributed by atoms with Crippen molar-refractivity contribution in [3.8, 4) is 0 Å². The van der Waals surface area contributed by atoms with Gasteiger partial charge in [-0.3, -0.25) is 9.59 Å². The van der Waals surface area contributed by atoms with Crippen molar-refractivity contribution >= 4 is 22.7 Å². The fourth-order valence-corrected chi connectivity index (χ4v) is 3.63. The Labute approximate surface area is 149 Å². The second-order valence-corrected chi connectivity index (χ2v) is 6.82. The Kier molecular flexibility index (Phi) is 5.41. The Morgan fingerprint density at radius 1 is 1.00 bits per heavy atom. The first-order chi connectivity index (χ1) is 12.1. The quantitative estimate of drug-likeness (QED) is 0.858. The second-order valence-electron chi connectivity index (χ2n) is 6.82. The molecule has 2 aromatic rings. The average Bonchev–Trinajstić information content (AvgIpc) is 2.79. The second kappa shape index (κ2) is 7.72. The molecular formula is C20H27N3O2. The molecule has 0 spiro atoms. The molecule has 0 unspecified atom stereocenters. The van der Waals surface area contributed by atoms with E-state index in [9.17, 15) is 9.59 Å². The molecule has 0 bridgehead atoms. The molecule has 1 saturated heterocycles. The number of para-hydroxylation sites is 1. The first-order valence-corrected chi connectivity index (χ1v) is 9.18. The first kappa shape index (κ1) is 17.5. The van der Waals surface area contributed by atoms with Crippen LogP contribution in [0.4, 0.5) is 0 Å². The molecule has 5 heteroatoms. The average molecular weight is 341 g/mol. The number of carbonyl (C=O) groups is 2. The summed E-state index contributed by atoms with van der Waals surface area (Å²) in [7, 11) is 2.01. The smallest absolute Gasteiger partial charge is 0.227 e. The number of fused-ring (bicyclic) bond motifs is 1. The molecule has 0 saturated carbocycles. The maximum atomic E-state index is 12.8. The highest BCUT2D eigenvalue weighted by Gasteiger charge is 2.22. The van der Waals surface area contributed by atoms with Crippen molar-refractivity contribution in [3.05, 3.63) is 36.0 Å². The van der Waals surface area contributed by atoms with Crippen molar-refractivity contribution in [1.29, 1.82) is 0 Å². The molecule has 1 aliphatic heterocycles. The van der Waals surface area contributed by atoms with Gasteiger partial charge in [0.2, 0.25) is 11.8 Å². The molecule has 2 heterocycles. The lowest BCUT2D eigenvalue weighted by molar-refractivity contribution is -0.133. The molecule has 2 amide bonds. The Balaban J connectivity index is 1.66. The van der Waals surface area contributed by atoms with Gasteiger partial charge in [0.15, 0.2) is 0 Å². The van der Waals surface area contributed by atoms with E-state index in [0.717, 1.165) is 42.4 Å². The van der Waals surface area contributed by atoms with Gasteiger partial charge in [0.05, 0.1) is 6.42 Å². The standard InChI is InChI=1S/C20H27N3O2/c1-3-7-19(24)22-10-6-11-23(13-12-22)20(25)14-16-15-21(2)18-9-5-4-8-17(16)18/h4-5,8-9,15H,3,6-7,10-14H2,1-2H3. The van der Waals surface area contributed by atoms with E-state index in [1.807, 2.05) is 35.9 Å². The highest BCUT2D eigenvalue weighted by Crippen LogP contribution is 2.21. The van der Waals surface area contributed by atoms with Gasteiger partial charge < -0.3 is 14.4 Å². The van der Waals surface area contributed by atoms with E-state index in [-0.39, 0.29) is 11.8 Å². The molecular weight excluding hydrogens is 314 g/mol. The third-order valence-corrected chi connectivity index (χ3v) is 4.99. The van der Waals surface area contributed by atoms with Gasteiger partial charge in [0, 0.05) is 56.7 Å². The van der Waals surface area contributed by atoms with E-state index < -0.39 is 0 Å². The molecule has 3 rings (SSSR count). The van der Waals surface area contributed by atoms with E-state index in [1.54, 1.807) is 0 Å². The molecule has 0 N–H and O–H groups in total. The molecule has 25 heavy (non-hydrogen) atoms. The van der Waals surface area contributed by atoms with Crippen LogP contribution >= 0.6 is 0 Å². The monoisotopic (exact) mass is 341 g/mol. The number of hydrogen-bond acceptors (Lipinski definition) is 2. The summed E-state index contributed by atoms with van der Waals surface area (Å²) in [5, 5.41) is 1.15. The topological polar surface area (TPSA) is 45.6 Å². The van der Waals surface area contributed by atoms with E-state index in [0.29, 0.717) is 25.9 Å². The third kappa shape index (κ3) is 3.86. The number of hydrogen-bond donors (Lipinski definition) is 0. The van der Waals surface area contributed by atoms with Crippen LogP contribution in [0.3, 0.4) is 0 Å². The maximum absolute atomic E-state index is 12.8. The normalized spacial score (nSPS) is 15.4. The molecule has 1 aliphatic rings. The number of benzene rings is 1. The fourth-order valence-electron chi connectivity index (χ4n) is 3.63. The highest BCUT2D eigenvalue weighted by atomic mass is 16.2. The molecule has 0 aliphatic carbocycles. The van der Waals surface area contributed by atoms with Crippen LogP contribution in [0.5, 0.6) is 0 Å². The predicted molar refractivity (Wildman–Crippen MR) is 99.3 cm³/mol. The zero-order valence-corrected chi connectivity index (χ0v) is 15.2. The lowest BCUT2D eigenvalue weighted by Gasteiger charge is -2.22. The molecule has 0 atom stereocenters. The van der Waals surface area contributed by atoms with E-state index >= 15 is 0 Å². The Bertz CT molecular complexity index is 765. The van der Waals surface area contributed by atoms with E-state index in [1.165, 1.54) is 0 Å². The summed E-state index contributed by atoms with van der Waals surface area (Å²) in [5.74, 6) is 0.368. The van der Waals surface area contributed by atoms with Gasteiger partial charge in [0.25, 0.3) is 0 Å². The number of aromatic nitrogens is 1. The SMILES string of the molecule is CCCC(=O)N1CCCN(C(=O)Cc2cn(C)c3ccccc23)CC1. The fraction of sp³-hybridized carbons (Fsp3) is 0.500. The number of carbonyl (C=O) groups excluding carboxylic acids is 2.